The van der Waals surface area contributed by atoms with E-state index >= 15 is 0 Å². The molecule has 0 aliphatic heterocycles. The lowest BCUT2D eigenvalue weighted by Crippen LogP contribution is -2.18. The van der Waals surface area contributed by atoms with E-state index in [9.17, 15) is 13.2 Å². The molecule has 2 N–H and O–H groups in total. The molecule has 7 heteroatoms. The molecule has 0 bridgehead atoms. The number of amides is 1. The molecule has 2 rings (SSSR count). The van der Waals surface area contributed by atoms with Crippen molar-refractivity contribution >= 4 is 33.2 Å². The molecule has 128 valence electrons. The summed E-state index contributed by atoms with van der Waals surface area (Å²) in [4.78, 5) is 12.3. The van der Waals surface area contributed by atoms with Gasteiger partial charge in [0.05, 0.1) is 4.90 Å². The molecule has 0 saturated carbocycles. The molecule has 0 radical (unpaired) electrons. The van der Waals surface area contributed by atoms with Gasteiger partial charge in [0.1, 0.15) is 0 Å². The minimum absolute atomic E-state index is 0.118. The summed E-state index contributed by atoms with van der Waals surface area (Å²) in [7, 11) is -2.07. The summed E-state index contributed by atoms with van der Waals surface area (Å²) in [6, 6.07) is 11.8. The van der Waals surface area contributed by atoms with E-state index in [4.69, 9.17) is 11.6 Å². The first-order chi connectivity index (χ1) is 11.3. The second-order valence-electron chi connectivity index (χ2n) is 5.31. The average Bonchev–Trinajstić information content (AvgIpc) is 2.57. The number of hydrogen-bond donors (Lipinski definition) is 2. The number of halogens is 1. The highest BCUT2D eigenvalue weighted by atomic mass is 35.5. The molecule has 0 aliphatic rings. The Kier molecular flexibility index (Phi) is 5.99. The van der Waals surface area contributed by atoms with E-state index in [0.717, 1.165) is 11.1 Å². The summed E-state index contributed by atoms with van der Waals surface area (Å²) in [5, 5.41) is 3.44. The first-order valence-electron chi connectivity index (χ1n) is 7.41. The topological polar surface area (TPSA) is 75.3 Å². The van der Waals surface area contributed by atoms with Crippen LogP contribution in [-0.2, 0) is 21.2 Å². The fourth-order valence-electron chi connectivity index (χ4n) is 2.17. The highest BCUT2D eigenvalue weighted by molar-refractivity contribution is 7.89. The molecule has 0 heterocycles. The van der Waals surface area contributed by atoms with Crippen LogP contribution in [0.5, 0.6) is 0 Å². The lowest BCUT2D eigenvalue weighted by atomic mass is 10.1. The van der Waals surface area contributed by atoms with Gasteiger partial charge in [0.15, 0.2) is 0 Å². The Bertz CT molecular complexity index is 833. The molecule has 5 nitrogen and oxygen atoms in total. The summed E-state index contributed by atoms with van der Waals surface area (Å²) in [5.41, 5.74) is 2.42. The lowest BCUT2D eigenvalue weighted by Gasteiger charge is -2.09. The van der Waals surface area contributed by atoms with Gasteiger partial charge in [-0.25, -0.2) is 13.1 Å². The smallest absolute Gasteiger partial charge is 0.240 e. The molecule has 24 heavy (non-hydrogen) atoms. The van der Waals surface area contributed by atoms with Crippen molar-refractivity contribution in [2.24, 2.45) is 0 Å². The van der Waals surface area contributed by atoms with Gasteiger partial charge in [-0.05, 0) is 55.8 Å². The van der Waals surface area contributed by atoms with Gasteiger partial charge < -0.3 is 5.32 Å². The van der Waals surface area contributed by atoms with Gasteiger partial charge >= 0.3 is 0 Å². The fraction of sp³-hybridized carbons (Fsp3) is 0.235. The molecule has 0 saturated heterocycles. The standard InChI is InChI=1S/C17H19ClN2O3S/c1-12-15(18)4-3-5-16(12)20-17(21)11-8-13-6-9-14(10-7-13)24(22,23)19-2/h3-7,9-10,19H,8,11H2,1-2H3,(H,20,21). The number of hydrogen-bond acceptors (Lipinski definition) is 3. The molecule has 0 fully saturated rings. The van der Waals surface area contributed by atoms with E-state index < -0.39 is 10.0 Å². The van der Waals surface area contributed by atoms with E-state index in [-0.39, 0.29) is 10.8 Å². The number of rotatable bonds is 6. The molecule has 0 aromatic heterocycles. The molecular formula is C17H19ClN2O3S. The van der Waals surface area contributed by atoms with Crippen LogP contribution in [0.15, 0.2) is 47.4 Å². The molecule has 0 atom stereocenters. The maximum absolute atomic E-state index is 12.1. The first-order valence-corrected chi connectivity index (χ1v) is 9.27. The van der Waals surface area contributed by atoms with E-state index in [1.807, 2.05) is 6.92 Å². The normalized spacial score (nSPS) is 11.3. The van der Waals surface area contributed by atoms with Crippen LogP contribution in [0.4, 0.5) is 5.69 Å². The minimum atomic E-state index is -3.44. The van der Waals surface area contributed by atoms with Crippen LogP contribution >= 0.6 is 11.6 Å². The predicted molar refractivity (Wildman–Crippen MR) is 95.8 cm³/mol. The Morgan fingerprint density at radius 2 is 1.79 bits per heavy atom. The van der Waals surface area contributed by atoms with Crippen molar-refractivity contribution in [2.45, 2.75) is 24.7 Å². The molecular weight excluding hydrogens is 348 g/mol. The largest absolute Gasteiger partial charge is 0.326 e. The second-order valence-corrected chi connectivity index (χ2v) is 7.61. The zero-order valence-electron chi connectivity index (χ0n) is 13.5. The quantitative estimate of drug-likeness (QED) is 0.824. The van der Waals surface area contributed by atoms with Crippen molar-refractivity contribution in [3.05, 3.63) is 58.6 Å². The fourth-order valence-corrected chi connectivity index (χ4v) is 3.07. The van der Waals surface area contributed by atoms with E-state index in [1.54, 1.807) is 30.3 Å². The number of benzene rings is 2. The van der Waals surface area contributed by atoms with Crippen molar-refractivity contribution in [1.29, 1.82) is 0 Å². The highest BCUT2D eigenvalue weighted by Crippen LogP contribution is 2.23. The highest BCUT2D eigenvalue weighted by Gasteiger charge is 2.11. The van der Waals surface area contributed by atoms with Gasteiger partial charge in [0.25, 0.3) is 0 Å². The lowest BCUT2D eigenvalue weighted by molar-refractivity contribution is -0.116. The number of anilines is 1. The van der Waals surface area contributed by atoms with Gasteiger partial charge in [-0.15, -0.1) is 0 Å². The summed E-state index contributed by atoms with van der Waals surface area (Å²) in [6.45, 7) is 1.85. The van der Waals surface area contributed by atoms with E-state index in [0.29, 0.717) is 23.6 Å². The summed E-state index contributed by atoms with van der Waals surface area (Å²) in [5.74, 6) is -0.118. The van der Waals surface area contributed by atoms with Gasteiger partial charge in [0.2, 0.25) is 15.9 Å². The van der Waals surface area contributed by atoms with E-state index in [2.05, 4.69) is 10.0 Å². The maximum atomic E-state index is 12.1. The third kappa shape index (κ3) is 4.56. The SMILES string of the molecule is CNS(=O)(=O)c1ccc(CCC(=O)Nc2cccc(Cl)c2C)cc1. The predicted octanol–water partition coefficient (Wildman–Crippen LogP) is 3.13. The zero-order chi connectivity index (χ0) is 17.7. The zero-order valence-corrected chi connectivity index (χ0v) is 15.0. The average molecular weight is 367 g/mol. The van der Waals surface area contributed by atoms with Crippen LogP contribution < -0.4 is 10.0 Å². The number of nitrogens with one attached hydrogen (secondary N) is 2. The Hall–Kier alpha value is -1.89. The van der Waals surface area contributed by atoms with Crippen molar-refractivity contribution in [3.8, 4) is 0 Å². The third-order valence-corrected chi connectivity index (χ3v) is 5.52. The van der Waals surface area contributed by atoms with E-state index in [1.165, 1.54) is 19.2 Å². The molecule has 0 spiro atoms. The van der Waals surface area contributed by atoms with Crippen LogP contribution in [-0.4, -0.2) is 21.4 Å². The molecule has 1 amide bonds. The molecule has 2 aromatic rings. The summed E-state index contributed by atoms with van der Waals surface area (Å²) in [6.07, 6.45) is 0.815. The molecule has 0 unspecified atom stereocenters. The van der Waals surface area contributed by atoms with Crippen LogP contribution in [0.2, 0.25) is 5.02 Å². The van der Waals surface area contributed by atoms with Gasteiger partial charge in [-0.1, -0.05) is 29.8 Å². The Labute approximate surface area is 147 Å². The van der Waals surface area contributed by atoms with Crippen LogP contribution in [0, 0.1) is 6.92 Å². The number of sulfonamides is 1. The monoisotopic (exact) mass is 366 g/mol. The van der Waals surface area contributed by atoms with Gasteiger partial charge in [-0.2, -0.15) is 0 Å². The third-order valence-electron chi connectivity index (χ3n) is 3.68. The van der Waals surface area contributed by atoms with Crippen molar-refractivity contribution in [3.63, 3.8) is 0 Å². The van der Waals surface area contributed by atoms with Crippen molar-refractivity contribution in [2.75, 3.05) is 12.4 Å². The minimum Gasteiger partial charge on any atom is -0.326 e. The van der Waals surface area contributed by atoms with Crippen LogP contribution in [0.25, 0.3) is 0 Å². The Morgan fingerprint density at radius 3 is 2.42 bits per heavy atom. The second kappa shape index (κ2) is 7.79. The number of carbonyl (C=O) groups is 1. The summed E-state index contributed by atoms with van der Waals surface area (Å²) >= 11 is 6.03. The number of carbonyl (C=O) groups excluding carboxylic acids is 1. The first kappa shape index (κ1) is 18.4. The van der Waals surface area contributed by atoms with Crippen LogP contribution in [0.3, 0.4) is 0 Å². The maximum Gasteiger partial charge on any atom is 0.240 e. The summed E-state index contributed by atoms with van der Waals surface area (Å²) < 4.78 is 25.6. The Balaban J connectivity index is 1.96. The van der Waals surface area contributed by atoms with Crippen molar-refractivity contribution in [1.82, 2.24) is 4.72 Å². The van der Waals surface area contributed by atoms with Gasteiger partial charge in [-0.3, -0.25) is 4.79 Å². The Morgan fingerprint density at radius 1 is 1.12 bits per heavy atom. The van der Waals surface area contributed by atoms with Crippen LogP contribution in [0.1, 0.15) is 17.5 Å². The van der Waals surface area contributed by atoms with Crippen molar-refractivity contribution < 1.29 is 13.2 Å². The molecule has 0 aliphatic carbocycles. The van der Waals surface area contributed by atoms with Gasteiger partial charge in [0, 0.05) is 17.1 Å². The number of aryl methyl sites for hydroxylation is 1. The molecule has 2 aromatic carbocycles.